The lowest BCUT2D eigenvalue weighted by Crippen LogP contribution is -2.24. The third-order valence-corrected chi connectivity index (χ3v) is 5.49. The summed E-state index contributed by atoms with van der Waals surface area (Å²) in [6.45, 7) is 4.54. The van der Waals surface area contributed by atoms with Crippen LogP contribution in [0, 0.1) is 13.8 Å². The van der Waals surface area contributed by atoms with Crippen molar-refractivity contribution in [3.63, 3.8) is 0 Å². The molecule has 3 aromatic rings. The van der Waals surface area contributed by atoms with Gasteiger partial charge in [-0.25, -0.2) is 9.67 Å². The number of fused-ring (bicyclic) bond motifs is 1. The first-order valence-corrected chi connectivity index (χ1v) is 9.31. The molecule has 4 rings (SSSR count). The second-order valence-corrected chi connectivity index (χ2v) is 7.67. The molecule has 6 heteroatoms. The number of carbonyl (C=O) groups excluding carboxylic acids is 1. The third-order valence-electron chi connectivity index (χ3n) is 4.58. The summed E-state index contributed by atoms with van der Waals surface area (Å²) < 4.78 is 1.96. The second kappa shape index (κ2) is 6.44. The van der Waals surface area contributed by atoms with Crippen LogP contribution < -0.4 is 5.32 Å². The van der Waals surface area contributed by atoms with Gasteiger partial charge in [-0.15, -0.1) is 11.3 Å². The molecule has 0 aliphatic heterocycles. The van der Waals surface area contributed by atoms with Gasteiger partial charge in [0.15, 0.2) is 5.69 Å². The van der Waals surface area contributed by atoms with Crippen LogP contribution in [-0.2, 0) is 19.4 Å². The highest BCUT2D eigenvalue weighted by Gasteiger charge is 2.27. The van der Waals surface area contributed by atoms with E-state index in [9.17, 15) is 4.79 Å². The van der Waals surface area contributed by atoms with Gasteiger partial charge in [-0.3, -0.25) is 4.79 Å². The molecule has 2 heterocycles. The molecule has 2 aromatic heterocycles. The van der Waals surface area contributed by atoms with Crippen molar-refractivity contribution in [2.45, 2.75) is 39.7 Å². The SMILES string of the molecule is Cc1ncc(CNC(=O)c2nn(-c3ccccc3C)c3c2CCC3)s1. The molecule has 25 heavy (non-hydrogen) atoms. The van der Waals surface area contributed by atoms with Crippen molar-refractivity contribution < 1.29 is 4.79 Å². The van der Waals surface area contributed by atoms with Crippen molar-refractivity contribution in [2.75, 3.05) is 0 Å². The van der Waals surface area contributed by atoms with Crippen LogP contribution in [0.15, 0.2) is 30.5 Å². The van der Waals surface area contributed by atoms with Gasteiger partial charge in [0.25, 0.3) is 5.91 Å². The first-order chi connectivity index (χ1) is 12.1. The van der Waals surface area contributed by atoms with Gasteiger partial charge in [0, 0.05) is 22.3 Å². The van der Waals surface area contributed by atoms with E-state index in [-0.39, 0.29) is 5.91 Å². The minimum absolute atomic E-state index is 0.100. The van der Waals surface area contributed by atoms with Gasteiger partial charge in [0.2, 0.25) is 0 Å². The Hall–Kier alpha value is -2.47. The minimum Gasteiger partial charge on any atom is -0.346 e. The van der Waals surface area contributed by atoms with E-state index in [0.29, 0.717) is 12.2 Å². The molecule has 0 saturated heterocycles. The number of carbonyl (C=O) groups is 1. The summed E-state index contributed by atoms with van der Waals surface area (Å²) in [5.41, 5.74) is 5.05. The van der Waals surface area contributed by atoms with Crippen molar-refractivity contribution >= 4 is 17.2 Å². The van der Waals surface area contributed by atoms with Crippen LogP contribution in [0.4, 0.5) is 0 Å². The van der Waals surface area contributed by atoms with Gasteiger partial charge in [-0.2, -0.15) is 5.10 Å². The zero-order chi connectivity index (χ0) is 17.4. The van der Waals surface area contributed by atoms with Crippen LogP contribution >= 0.6 is 11.3 Å². The van der Waals surface area contributed by atoms with Gasteiger partial charge in [-0.05, 0) is 44.7 Å². The Morgan fingerprint density at radius 2 is 2.12 bits per heavy atom. The number of benzene rings is 1. The fourth-order valence-corrected chi connectivity index (χ4v) is 4.09. The molecule has 1 aromatic carbocycles. The summed E-state index contributed by atoms with van der Waals surface area (Å²) in [4.78, 5) is 18.0. The highest BCUT2D eigenvalue weighted by molar-refractivity contribution is 7.11. The second-order valence-electron chi connectivity index (χ2n) is 6.35. The molecular formula is C19H20N4OS. The Balaban J connectivity index is 1.63. The zero-order valence-corrected chi connectivity index (χ0v) is 15.2. The summed E-state index contributed by atoms with van der Waals surface area (Å²) >= 11 is 1.60. The number of nitrogens with zero attached hydrogens (tertiary/aromatic N) is 3. The fourth-order valence-electron chi connectivity index (χ4n) is 3.36. The van der Waals surface area contributed by atoms with E-state index in [0.717, 1.165) is 46.0 Å². The predicted molar refractivity (Wildman–Crippen MR) is 98.3 cm³/mol. The molecule has 5 nitrogen and oxygen atoms in total. The molecule has 0 atom stereocenters. The maximum atomic E-state index is 12.7. The van der Waals surface area contributed by atoms with E-state index in [1.54, 1.807) is 11.3 Å². The molecule has 0 fully saturated rings. The summed E-state index contributed by atoms with van der Waals surface area (Å²) in [6, 6.07) is 8.16. The molecule has 128 valence electrons. The highest BCUT2D eigenvalue weighted by Crippen LogP contribution is 2.28. The summed E-state index contributed by atoms with van der Waals surface area (Å²) in [6.07, 6.45) is 4.78. The largest absolute Gasteiger partial charge is 0.346 e. The van der Waals surface area contributed by atoms with Crippen LogP contribution in [-0.4, -0.2) is 20.7 Å². The van der Waals surface area contributed by atoms with E-state index in [1.165, 1.54) is 5.69 Å². The van der Waals surface area contributed by atoms with Crippen LogP contribution in [0.5, 0.6) is 0 Å². The number of aromatic nitrogens is 3. The molecular weight excluding hydrogens is 332 g/mol. The number of rotatable bonds is 4. The van der Waals surface area contributed by atoms with E-state index in [4.69, 9.17) is 0 Å². The number of nitrogens with one attached hydrogen (secondary N) is 1. The lowest BCUT2D eigenvalue weighted by molar-refractivity contribution is 0.0945. The smallest absolute Gasteiger partial charge is 0.272 e. The van der Waals surface area contributed by atoms with Gasteiger partial charge in [-0.1, -0.05) is 18.2 Å². The Labute approximate surface area is 150 Å². The predicted octanol–water partition coefficient (Wildman–Crippen LogP) is 3.36. The van der Waals surface area contributed by atoms with Crippen LogP contribution in [0.3, 0.4) is 0 Å². The van der Waals surface area contributed by atoms with Crippen LogP contribution in [0.2, 0.25) is 0 Å². The van der Waals surface area contributed by atoms with Gasteiger partial charge >= 0.3 is 0 Å². The maximum absolute atomic E-state index is 12.7. The van der Waals surface area contributed by atoms with Gasteiger partial charge in [0.05, 0.1) is 17.2 Å². The first kappa shape index (κ1) is 16.0. The quantitative estimate of drug-likeness (QED) is 0.783. The van der Waals surface area contributed by atoms with E-state index < -0.39 is 0 Å². The van der Waals surface area contributed by atoms with Crippen molar-refractivity contribution in [2.24, 2.45) is 0 Å². The summed E-state index contributed by atoms with van der Waals surface area (Å²) in [5.74, 6) is -0.100. The van der Waals surface area contributed by atoms with E-state index >= 15 is 0 Å². The maximum Gasteiger partial charge on any atom is 0.272 e. The molecule has 0 saturated carbocycles. The van der Waals surface area contributed by atoms with Gasteiger partial charge in [0.1, 0.15) is 0 Å². The molecule has 1 N–H and O–H groups in total. The minimum atomic E-state index is -0.100. The summed E-state index contributed by atoms with van der Waals surface area (Å²) in [5, 5.41) is 8.67. The van der Waals surface area contributed by atoms with Crippen molar-refractivity contribution in [3.05, 3.63) is 62.9 Å². The number of para-hydroxylation sites is 1. The van der Waals surface area contributed by atoms with Gasteiger partial charge < -0.3 is 5.32 Å². The number of thiazole rings is 1. The van der Waals surface area contributed by atoms with E-state index in [1.807, 2.05) is 29.9 Å². The highest BCUT2D eigenvalue weighted by atomic mass is 32.1. The zero-order valence-electron chi connectivity index (χ0n) is 14.4. The average molecular weight is 352 g/mol. The lowest BCUT2D eigenvalue weighted by atomic mass is 10.2. The fraction of sp³-hybridized carbons (Fsp3) is 0.316. The van der Waals surface area contributed by atoms with Crippen LogP contribution in [0.1, 0.15) is 43.6 Å². The Morgan fingerprint density at radius 1 is 1.28 bits per heavy atom. The van der Waals surface area contributed by atoms with Crippen LogP contribution in [0.25, 0.3) is 5.69 Å². The number of aryl methyl sites for hydroxylation is 2. The third kappa shape index (κ3) is 2.98. The molecule has 1 aliphatic carbocycles. The topological polar surface area (TPSA) is 59.8 Å². The first-order valence-electron chi connectivity index (χ1n) is 8.50. The Kier molecular flexibility index (Phi) is 4.13. The molecule has 0 radical (unpaired) electrons. The number of hydrogen-bond acceptors (Lipinski definition) is 4. The molecule has 0 bridgehead atoms. The standard InChI is InChI=1S/C19H20N4OS/c1-12-6-3-4-8-16(12)23-17-9-5-7-15(17)18(22-23)19(24)21-11-14-10-20-13(2)25-14/h3-4,6,8,10H,5,7,9,11H2,1-2H3,(H,21,24). The lowest BCUT2D eigenvalue weighted by Gasteiger charge is -2.08. The summed E-state index contributed by atoms with van der Waals surface area (Å²) in [7, 11) is 0. The normalized spacial score (nSPS) is 13.0. The van der Waals surface area contributed by atoms with Crippen molar-refractivity contribution in [3.8, 4) is 5.69 Å². The molecule has 1 aliphatic rings. The van der Waals surface area contributed by atoms with E-state index in [2.05, 4.69) is 34.5 Å². The number of amides is 1. The molecule has 0 unspecified atom stereocenters. The van der Waals surface area contributed by atoms with Crippen molar-refractivity contribution in [1.29, 1.82) is 0 Å². The number of hydrogen-bond donors (Lipinski definition) is 1. The monoisotopic (exact) mass is 352 g/mol. The Bertz CT molecular complexity index is 941. The average Bonchev–Trinajstić information content (AvgIpc) is 3.30. The molecule has 1 amide bonds. The Morgan fingerprint density at radius 3 is 2.88 bits per heavy atom. The van der Waals surface area contributed by atoms with Crippen molar-refractivity contribution in [1.82, 2.24) is 20.1 Å². The molecule has 0 spiro atoms.